The fourth-order valence-electron chi connectivity index (χ4n) is 0.907. The lowest BCUT2D eigenvalue weighted by Crippen LogP contribution is -2.05. The van der Waals surface area contributed by atoms with Crippen molar-refractivity contribution < 1.29 is 9.53 Å². The van der Waals surface area contributed by atoms with Crippen LogP contribution in [0.4, 0.5) is 5.00 Å². The average molecular weight is 264 g/mol. The van der Waals surface area contributed by atoms with Crippen LogP contribution in [0.1, 0.15) is 17.3 Å². The molecule has 0 amide bonds. The van der Waals surface area contributed by atoms with E-state index in [9.17, 15) is 4.79 Å². The van der Waals surface area contributed by atoms with Gasteiger partial charge in [0.15, 0.2) is 0 Å². The molecule has 0 bridgehead atoms. The van der Waals surface area contributed by atoms with Gasteiger partial charge in [0, 0.05) is 7.05 Å². The lowest BCUT2D eigenvalue weighted by atomic mass is 10.3. The summed E-state index contributed by atoms with van der Waals surface area (Å²) in [6, 6.07) is 1.76. The molecular weight excluding hydrogens is 254 g/mol. The molecule has 1 aromatic heterocycles. The summed E-state index contributed by atoms with van der Waals surface area (Å²) in [7, 11) is 1.78. The van der Waals surface area contributed by atoms with Gasteiger partial charge in [0.25, 0.3) is 0 Å². The number of carbonyl (C=O) groups excluding carboxylic acids is 1. The molecule has 5 heteroatoms. The van der Waals surface area contributed by atoms with Crippen molar-refractivity contribution in [1.29, 1.82) is 0 Å². The number of carbonyl (C=O) groups is 1. The summed E-state index contributed by atoms with van der Waals surface area (Å²) >= 11 is 4.79. The number of rotatable bonds is 3. The van der Waals surface area contributed by atoms with Gasteiger partial charge in [-0.2, -0.15) is 0 Å². The van der Waals surface area contributed by atoms with E-state index in [0.29, 0.717) is 12.2 Å². The monoisotopic (exact) mass is 263 g/mol. The topological polar surface area (TPSA) is 38.3 Å². The van der Waals surface area contributed by atoms with Crippen molar-refractivity contribution in [3.8, 4) is 0 Å². The molecule has 1 aromatic rings. The first-order chi connectivity index (χ1) is 6.19. The van der Waals surface area contributed by atoms with Crippen molar-refractivity contribution in [2.24, 2.45) is 0 Å². The lowest BCUT2D eigenvalue weighted by Gasteiger charge is -2.01. The zero-order chi connectivity index (χ0) is 9.84. The molecule has 72 valence electrons. The van der Waals surface area contributed by atoms with Gasteiger partial charge in [-0.15, -0.1) is 11.3 Å². The summed E-state index contributed by atoms with van der Waals surface area (Å²) in [6.45, 7) is 2.19. The molecule has 0 fully saturated rings. The van der Waals surface area contributed by atoms with Gasteiger partial charge < -0.3 is 10.1 Å². The summed E-state index contributed by atoms with van der Waals surface area (Å²) in [6.07, 6.45) is 0. The molecule has 0 aliphatic heterocycles. The van der Waals surface area contributed by atoms with Crippen molar-refractivity contribution in [1.82, 2.24) is 0 Å². The van der Waals surface area contributed by atoms with Crippen LogP contribution in [0.25, 0.3) is 0 Å². The molecule has 1 rings (SSSR count). The molecule has 3 nitrogen and oxygen atoms in total. The second-order valence-electron chi connectivity index (χ2n) is 2.26. The van der Waals surface area contributed by atoms with Gasteiger partial charge >= 0.3 is 5.97 Å². The molecule has 1 heterocycles. The molecule has 13 heavy (non-hydrogen) atoms. The van der Waals surface area contributed by atoms with E-state index in [0.717, 1.165) is 8.79 Å². The number of halogens is 1. The lowest BCUT2D eigenvalue weighted by molar-refractivity contribution is 0.0528. The van der Waals surface area contributed by atoms with Crippen LogP contribution < -0.4 is 5.32 Å². The minimum absolute atomic E-state index is 0.284. The molecule has 0 saturated heterocycles. The highest BCUT2D eigenvalue weighted by Crippen LogP contribution is 2.31. The van der Waals surface area contributed by atoms with Gasteiger partial charge in [0.1, 0.15) is 5.00 Å². The van der Waals surface area contributed by atoms with Gasteiger partial charge in [0.2, 0.25) is 0 Å². The Morgan fingerprint density at radius 3 is 3.00 bits per heavy atom. The summed E-state index contributed by atoms with van der Waals surface area (Å²) in [5.41, 5.74) is 0.584. The Hall–Kier alpha value is -0.550. The number of nitrogens with one attached hydrogen (secondary N) is 1. The Morgan fingerprint density at radius 2 is 2.46 bits per heavy atom. The number of esters is 1. The second kappa shape index (κ2) is 4.62. The molecular formula is C8H10BrNO2S. The van der Waals surface area contributed by atoms with Crippen LogP contribution in [0, 0.1) is 0 Å². The third kappa shape index (κ3) is 2.45. The van der Waals surface area contributed by atoms with Crippen LogP contribution in [-0.4, -0.2) is 19.6 Å². The average Bonchev–Trinajstić information content (AvgIpc) is 2.47. The van der Waals surface area contributed by atoms with Crippen molar-refractivity contribution in [3.63, 3.8) is 0 Å². The number of hydrogen-bond acceptors (Lipinski definition) is 4. The zero-order valence-electron chi connectivity index (χ0n) is 7.39. The number of anilines is 1. The highest BCUT2D eigenvalue weighted by atomic mass is 79.9. The Morgan fingerprint density at radius 1 is 1.77 bits per heavy atom. The maximum Gasteiger partial charge on any atom is 0.341 e. The van der Waals surface area contributed by atoms with Gasteiger partial charge in [-0.05, 0) is 28.9 Å². The minimum Gasteiger partial charge on any atom is -0.462 e. The Kier molecular flexibility index (Phi) is 3.74. The fourth-order valence-corrected chi connectivity index (χ4v) is 2.35. The maximum absolute atomic E-state index is 11.4. The predicted octanol–water partition coefficient (Wildman–Crippen LogP) is 2.73. The van der Waals surface area contributed by atoms with Crippen LogP contribution in [0.3, 0.4) is 0 Å². The van der Waals surface area contributed by atoms with E-state index in [-0.39, 0.29) is 5.97 Å². The van der Waals surface area contributed by atoms with Crippen molar-refractivity contribution in [2.75, 3.05) is 19.0 Å². The van der Waals surface area contributed by atoms with Gasteiger partial charge in [-0.1, -0.05) is 0 Å². The first-order valence-electron chi connectivity index (χ1n) is 3.83. The van der Waals surface area contributed by atoms with Crippen molar-refractivity contribution in [3.05, 3.63) is 15.4 Å². The molecule has 0 aromatic carbocycles. The normalized spacial score (nSPS) is 9.77. The van der Waals surface area contributed by atoms with E-state index < -0.39 is 0 Å². The number of ether oxygens (including phenoxy) is 1. The van der Waals surface area contributed by atoms with Crippen molar-refractivity contribution >= 4 is 38.2 Å². The third-order valence-corrected chi connectivity index (χ3v) is 3.08. The summed E-state index contributed by atoms with van der Waals surface area (Å²) < 4.78 is 5.81. The first-order valence-corrected chi connectivity index (χ1v) is 5.44. The molecule has 0 saturated carbocycles. The van der Waals surface area contributed by atoms with E-state index in [1.54, 1.807) is 20.0 Å². The van der Waals surface area contributed by atoms with Crippen LogP contribution in [0.2, 0.25) is 0 Å². The quantitative estimate of drug-likeness (QED) is 0.853. The molecule has 1 N–H and O–H groups in total. The molecule has 0 unspecified atom stereocenters. The Balaban J connectivity index is 2.91. The predicted molar refractivity (Wildman–Crippen MR) is 57.5 cm³/mol. The summed E-state index contributed by atoms with van der Waals surface area (Å²) in [4.78, 5) is 11.4. The van der Waals surface area contributed by atoms with Crippen LogP contribution in [0.5, 0.6) is 0 Å². The van der Waals surface area contributed by atoms with E-state index in [4.69, 9.17) is 4.74 Å². The molecule has 0 atom stereocenters. The van der Waals surface area contributed by atoms with Crippen LogP contribution in [0.15, 0.2) is 9.85 Å². The van der Waals surface area contributed by atoms with E-state index in [1.165, 1.54) is 11.3 Å². The van der Waals surface area contributed by atoms with Crippen molar-refractivity contribution in [2.45, 2.75) is 6.92 Å². The largest absolute Gasteiger partial charge is 0.462 e. The third-order valence-electron chi connectivity index (χ3n) is 1.42. The SMILES string of the molecule is CCOC(=O)c1cc(Br)sc1NC. The fraction of sp³-hybridized carbons (Fsp3) is 0.375. The van der Waals surface area contributed by atoms with E-state index >= 15 is 0 Å². The highest BCUT2D eigenvalue weighted by Gasteiger charge is 2.14. The van der Waals surface area contributed by atoms with Gasteiger partial charge in [-0.3, -0.25) is 0 Å². The van der Waals surface area contributed by atoms with Crippen LogP contribution in [-0.2, 0) is 4.74 Å². The Labute approximate surface area is 89.2 Å². The maximum atomic E-state index is 11.4. The van der Waals surface area contributed by atoms with Crippen LogP contribution >= 0.6 is 27.3 Å². The number of thiophene rings is 1. The van der Waals surface area contributed by atoms with Gasteiger partial charge in [-0.25, -0.2) is 4.79 Å². The Bertz CT molecular complexity index is 311. The zero-order valence-corrected chi connectivity index (χ0v) is 9.79. The summed E-state index contributed by atoms with van der Waals surface area (Å²) in [5.74, 6) is -0.284. The van der Waals surface area contributed by atoms with Gasteiger partial charge in [0.05, 0.1) is 16.0 Å². The standard InChI is InChI=1S/C8H10BrNO2S/c1-3-12-8(11)5-4-6(9)13-7(5)10-2/h4,10H,3H2,1-2H3. The first kappa shape index (κ1) is 10.5. The smallest absolute Gasteiger partial charge is 0.341 e. The minimum atomic E-state index is -0.284. The molecule has 0 aliphatic carbocycles. The molecule has 0 aliphatic rings. The molecule has 0 spiro atoms. The molecule has 0 radical (unpaired) electrons. The highest BCUT2D eigenvalue weighted by molar-refractivity contribution is 9.11. The number of hydrogen-bond donors (Lipinski definition) is 1. The van der Waals surface area contributed by atoms with E-state index in [2.05, 4.69) is 21.2 Å². The summed E-state index contributed by atoms with van der Waals surface area (Å²) in [5, 5.41) is 3.77. The van der Waals surface area contributed by atoms with E-state index in [1.807, 2.05) is 0 Å². The second-order valence-corrected chi connectivity index (χ2v) is 4.70.